The fourth-order valence-corrected chi connectivity index (χ4v) is 5.53. The summed E-state index contributed by atoms with van der Waals surface area (Å²) in [6, 6.07) is 14.5. The first kappa shape index (κ1) is 29.4. The number of ether oxygens (including phenoxy) is 2. The quantitative estimate of drug-likeness (QED) is 0.274. The van der Waals surface area contributed by atoms with Gasteiger partial charge in [-0.2, -0.15) is 4.72 Å². The number of sulfonamides is 1. The van der Waals surface area contributed by atoms with E-state index in [4.69, 9.17) is 9.47 Å². The highest BCUT2D eigenvalue weighted by Gasteiger charge is 2.42. The number of carbonyl (C=O) groups excluding carboxylic acids is 2. The lowest BCUT2D eigenvalue weighted by molar-refractivity contribution is -0.119. The molecule has 0 aromatic heterocycles. The molecule has 1 fully saturated rings. The van der Waals surface area contributed by atoms with Gasteiger partial charge in [0.05, 0.1) is 19.9 Å². The van der Waals surface area contributed by atoms with E-state index in [-0.39, 0.29) is 36.3 Å². The van der Waals surface area contributed by atoms with E-state index in [0.29, 0.717) is 36.7 Å². The van der Waals surface area contributed by atoms with Crippen molar-refractivity contribution in [1.82, 2.24) is 20.3 Å². The molecular formula is C27H38N4O6S. The van der Waals surface area contributed by atoms with Gasteiger partial charge in [0.15, 0.2) is 11.5 Å². The molecule has 0 spiro atoms. The third-order valence-electron chi connectivity index (χ3n) is 6.46. The highest BCUT2D eigenvalue weighted by molar-refractivity contribution is 7.88. The van der Waals surface area contributed by atoms with Crippen LogP contribution < -0.4 is 24.8 Å². The third kappa shape index (κ3) is 7.68. The van der Waals surface area contributed by atoms with Crippen molar-refractivity contribution in [3.05, 3.63) is 59.7 Å². The highest BCUT2D eigenvalue weighted by atomic mass is 32.2. The fraction of sp³-hybridized carbons (Fsp3) is 0.481. The number of nitrogens with one attached hydrogen (secondary N) is 3. The van der Waals surface area contributed by atoms with Crippen LogP contribution in [0.3, 0.4) is 0 Å². The zero-order valence-electron chi connectivity index (χ0n) is 22.6. The number of rotatable bonds is 12. The molecule has 208 valence electrons. The summed E-state index contributed by atoms with van der Waals surface area (Å²) in [7, 11) is -2.15. The minimum absolute atomic E-state index is 0.00744. The first-order valence-corrected chi connectivity index (χ1v) is 14.5. The van der Waals surface area contributed by atoms with Crippen LogP contribution in [-0.2, 0) is 14.8 Å². The molecule has 1 unspecified atom stereocenters. The third-order valence-corrected chi connectivity index (χ3v) is 7.13. The van der Waals surface area contributed by atoms with Gasteiger partial charge in [-0.15, -0.1) is 0 Å². The molecule has 0 saturated carbocycles. The molecule has 2 amide bonds. The Morgan fingerprint density at radius 3 is 2.42 bits per heavy atom. The van der Waals surface area contributed by atoms with Crippen LogP contribution in [0.25, 0.3) is 0 Å². The van der Waals surface area contributed by atoms with E-state index in [1.165, 1.54) is 14.0 Å². The molecule has 3 rings (SSSR count). The van der Waals surface area contributed by atoms with Gasteiger partial charge in [-0.1, -0.05) is 30.3 Å². The molecule has 38 heavy (non-hydrogen) atoms. The Labute approximate surface area is 225 Å². The van der Waals surface area contributed by atoms with Crippen LogP contribution in [0.1, 0.15) is 42.6 Å². The average Bonchev–Trinajstić information content (AvgIpc) is 3.35. The second-order valence-corrected chi connectivity index (χ2v) is 11.5. The van der Waals surface area contributed by atoms with Crippen LogP contribution in [0.2, 0.25) is 0 Å². The van der Waals surface area contributed by atoms with Crippen LogP contribution in [0.5, 0.6) is 11.5 Å². The van der Waals surface area contributed by atoms with Crippen molar-refractivity contribution < 1.29 is 27.5 Å². The van der Waals surface area contributed by atoms with Crippen molar-refractivity contribution in [3.63, 3.8) is 0 Å². The van der Waals surface area contributed by atoms with Gasteiger partial charge in [-0.3, -0.25) is 9.59 Å². The van der Waals surface area contributed by atoms with E-state index >= 15 is 0 Å². The van der Waals surface area contributed by atoms with Gasteiger partial charge < -0.3 is 25.0 Å². The number of amides is 2. The van der Waals surface area contributed by atoms with Gasteiger partial charge >= 0.3 is 0 Å². The molecular weight excluding hydrogens is 508 g/mol. The largest absolute Gasteiger partial charge is 0.493 e. The Kier molecular flexibility index (Phi) is 10.1. The maximum absolute atomic E-state index is 14.0. The highest BCUT2D eigenvalue weighted by Crippen LogP contribution is 2.34. The molecule has 2 aromatic rings. The second-order valence-electron chi connectivity index (χ2n) is 9.68. The number of benzene rings is 2. The van der Waals surface area contributed by atoms with Gasteiger partial charge in [0.2, 0.25) is 15.9 Å². The molecule has 10 nitrogen and oxygen atoms in total. The zero-order valence-corrected chi connectivity index (χ0v) is 23.4. The monoisotopic (exact) mass is 546 g/mol. The molecule has 1 heterocycles. The summed E-state index contributed by atoms with van der Waals surface area (Å²) in [5.41, 5.74) is 1.41. The summed E-state index contributed by atoms with van der Waals surface area (Å²) in [5, 5.41) is 6.04. The number of hydrogen-bond acceptors (Lipinski definition) is 7. The minimum Gasteiger partial charge on any atom is -0.493 e. The van der Waals surface area contributed by atoms with E-state index in [2.05, 4.69) is 15.4 Å². The summed E-state index contributed by atoms with van der Waals surface area (Å²) in [5.74, 6) is 0.0872. The molecule has 3 atom stereocenters. The Hall–Kier alpha value is -3.15. The zero-order chi connectivity index (χ0) is 27.9. The predicted molar refractivity (Wildman–Crippen MR) is 146 cm³/mol. The van der Waals surface area contributed by atoms with Crippen molar-refractivity contribution in [2.24, 2.45) is 5.92 Å². The number of methoxy groups -OCH3 is 1. The molecule has 0 radical (unpaired) electrons. The van der Waals surface area contributed by atoms with E-state index in [1.807, 2.05) is 44.2 Å². The maximum Gasteiger partial charge on any atom is 0.255 e. The van der Waals surface area contributed by atoms with Crippen LogP contribution in [0.15, 0.2) is 48.5 Å². The lowest BCUT2D eigenvalue weighted by atomic mass is 9.86. The molecule has 0 bridgehead atoms. The Balaban J connectivity index is 1.96. The molecule has 2 aromatic carbocycles. The fourth-order valence-electron chi connectivity index (χ4n) is 4.81. The summed E-state index contributed by atoms with van der Waals surface area (Å²) in [6.45, 7) is 6.85. The van der Waals surface area contributed by atoms with Crippen molar-refractivity contribution >= 4 is 21.8 Å². The van der Waals surface area contributed by atoms with E-state index in [9.17, 15) is 18.0 Å². The molecule has 1 aliphatic heterocycles. The minimum atomic E-state index is -3.65. The van der Waals surface area contributed by atoms with Crippen LogP contribution in [0, 0.1) is 5.92 Å². The molecule has 1 saturated heterocycles. The van der Waals surface area contributed by atoms with E-state index < -0.39 is 16.2 Å². The number of carbonyl (C=O) groups is 2. The van der Waals surface area contributed by atoms with Crippen LogP contribution in [-0.4, -0.2) is 76.9 Å². The average molecular weight is 547 g/mol. The summed E-state index contributed by atoms with van der Waals surface area (Å²) in [4.78, 5) is 26.7. The lowest BCUT2D eigenvalue weighted by Crippen LogP contribution is -2.58. The molecule has 3 N–H and O–H groups in total. The predicted octanol–water partition coefficient (Wildman–Crippen LogP) is 1.94. The summed E-state index contributed by atoms with van der Waals surface area (Å²) >= 11 is 0. The molecule has 11 heteroatoms. The normalized spacial score (nSPS) is 18.2. The van der Waals surface area contributed by atoms with Crippen LogP contribution >= 0.6 is 0 Å². The smallest absolute Gasteiger partial charge is 0.255 e. The van der Waals surface area contributed by atoms with Crippen molar-refractivity contribution in [1.29, 1.82) is 0 Å². The molecule has 0 aliphatic carbocycles. The summed E-state index contributed by atoms with van der Waals surface area (Å²) in [6.07, 6.45) is 0.320. The van der Waals surface area contributed by atoms with E-state index in [0.717, 1.165) is 11.8 Å². The number of hydrogen-bond donors (Lipinski definition) is 3. The lowest BCUT2D eigenvalue weighted by Gasteiger charge is -2.40. The Morgan fingerprint density at radius 2 is 1.82 bits per heavy atom. The topological polar surface area (TPSA) is 126 Å². The SMILES string of the molecule is COc1ccc(C(=O)N(C(C)C)C(NS(C)(=O)=O)[C@@H]2CNC[C@@H]2c2ccccc2)cc1OCCNC(C)=O. The first-order chi connectivity index (χ1) is 18.0. The maximum atomic E-state index is 14.0. The van der Waals surface area contributed by atoms with Gasteiger partial charge in [0, 0.05) is 43.5 Å². The van der Waals surface area contributed by atoms with Crippen molar-refractivity contribution in [2.75, 3.05) is 39.6 Å². The Bertz CT molecular complexity index is 1210. The first-order valence-electron chi connectivity index (χ1n) is 12.6. The van der Waals surface area contributed by atoms with Gasteiger partial charge in [0.1, 0.15) is 12.8 Å². The summed E-state index contributed by atoms with van der Waals surface area (Å²) < 4.78 is 39.0. The molecule has 1 aliphatic rings. The standard InChI is InChI=1S/C27H38N4O6S/c1-18(2)31(27(33)21-11-12-24(36-4)25(15-21)37-14-13-29-19(3)32)26(30-38(5,34)35)23-17-28-16-22(23)20-9-7-6-8-10-20/h6-12,15,18,22-23,26,28,30H,13-14,16-17H2,1-5H3,(H,29,32)/t22-,23-,26?/m1/s1. The van der Waals surface area contributed by atoms with Crippen molar-refractivity contribution in [2.45, 2.75) is 38.9 Å². The van der Waals surface area contributed by atoms with Crippen LogP contribution in [0.4, 0.5) is 0 Å². The second kappa shape index (κ2) is 13.1. The van der Waals surface area contributed by atoms with E-state index in [1.54, 1.807) is 23.1 Å². The van der Waals surface area contributed by atoms with Gasteiger partial charge in [-0.05, 0) is 37.6 Å². The van der Waals surface area contributed by atoms with Gasteiger partial charge in [0.25, 0.3) is 5.91 Å². The Morgan fingerprint density at radius 1 is 1.11 bits per heavy atom. The van der Waals surface area contributed by atoms with Gasteiger partial charge in [-0.25, -0.2) is 8.42 Å². The number of nitrogens with zero attached hydrogens (tertiary/aromatic N) is 1. The van der Waals surface area contributed by atoms with Crippen molar-refractivity contribution in [3.8, 4) is 11.5 Å².